The number of thioether (sulfide) groups is 1. The highest BCUT2D eigenvalue weighted by molar-refractivity contribution is 7.98. The first-order chi connectivity index (χ1) is 12.7. The van der Waals surface area contributed by atoms with Crippen LogP contribution in [0.3, 0.4) is 0 Å². The van der Waals surface area contributed by atoms with Gasteiger partial charge in [0.2, 0.25) is 11.8 Å². The van der Waals surface area contributed by atoms with Gasteiger partial charge in [-0.05, 0) is 50.0 Å². The molecule has 10 heteroatoms. The van der Waals surface area contributed by atoms with E-state index >= 15 is 0 Å². The fraction of sp³-hybridized carbons (Fsp3) is 0.765. The number of amides is 2. The molecule has 1 aliphatic rings. The summed E-state index contributed by atoms with van der Waals surface area (Å²) in [4.78, 5) is 45.9. The van der Waals surface area contributed by atoms with Crippen molar-refractivity contribution in [2.45, 2.75) is 50.6 Å². The molecule has 0 radical (unpaired) electrons. The lowest BCUT2D eigenvalue weighted by atomic mass is 9.81. The first-order valence-electron chi connectivity index (χ1n) is 9.01. The smallest absolute Gasteiger partial charge is 0.326 e. The molecular formula is C17H29N3O6S. The molecule has 2 amide bonds. The second kappa shape index (κ2) is 11.8. The third kappa shape index (κ3) is 8.61. The molecule has 27 heavy (non-hydrogen) atoms. The lowest BCUT2D eigenvalue weighted by Crippen LogP contribution is -2.46. The molecule has 0 bridgehead atoms. The second-order valence-electron chi connectivity index (χ2n) is 6.85. The van der Waals surface area contributed by atoms with Crippen molar-refractivity contribution in [1.82, 2.24) is 10.6 Å². The van der Waals surface area contributed by atoms with Gasteiger partial charge in [0.25, 0.3) is 0 Å². The monoisotopic (exact) mass is 403 g/mol. The second-order valence-corrected chi connectivity index (χ2v) is 7.83. The topological polar surface area (TPSA) is 159 Å². The number of nitrogens with two attached hydrogens (primary N) is 1. The molecule has 1 aliphatic carbocycles. The third-order valence-corrected chi connectivity index (χ3v) is 5.39. The quantitative estimate of drug-likeness (QED) is 0.323. The van der Waals surface area contributed by atoms with Gasteiger partial charge in [0.05, 0.1) is 12.5 Å². The number of rotatable bonds is 11. The molecule has 9 nitrogen and oxygen atoms in total. The summed E-state index contributed by atoms with van der Waals surface area (Å²) in [5, 5.41) is 22.9. The van der Waals surface area contributed by atoms with Crippen LogP contribution in [0.1, 0.15) is 38.5 Å². The molecule has 0 aliphatic heterocycles. The molecule has 6 N–H and O–H groups in total. The Hall–Kier alpha value is -1.81. The highest BCUT2D eigenvalue weighted by atomic mass is 32.2. The minimum absolute atomic E-state index is 0.165. The lowest BCUT2D eigenvalue weighted by Gasteiger charge is -2.29. The largest absolute Gasteiger partial charge is 0.481 e. The molecule has 1 fully saturated rings. The third-order valence-electron chi connectivity index (χ3n) is 4.75. The van der Waals surface area contributed by atoms with E-state index in [0.29, 0.717) is 25.8 Å². The van der Waals surface area contributed by atoms with E-state index in [1.165, 1.54) is 0 Å². The van der Waals surface area contributed by atoms with Crippen molar-refractivity contribution in [2.24, 2.45) is 17.6 Å². The van der Waals surface area contributed by atoms with Gasteiger partial charge in [-0.25, -0.2) is 4.79 Å². The lowest BCUT2D eigenvalue weighted by molar-refractivity contribution is -0.147. The van der Waals surface area contributed by atoms with E-state index in [1.54, 1.807) is 11.8 Å². The van der Waals surface area contributed by atoms with Crippen molar-refractivity contribution in [1.29, 1.82) is 0 Å². The van der Waals surface area contributed by atoms with Crippen molar-refractivity contribution in [3.8, 4) is 0 Å². The van der Waals surface area contributed by atoms with Crippen LogP contribution in [0.4, 0.5) is 0 Å². The van der Waals surface area contributed by atoms with Crippen LogP contribution in [0.2, 0.25) is 0 Å². The van der Waals surface area contributed by atoms with Gasteiger partial charge in [0, 0.05) is 12.5 Å². The molecule has 0 heterocycles. The van der Waals surface area contributed by atoms with Gasteiger partial charge >= 0.3 is 11.9 Å². The molecule has 0 aromatic rings. The molecule has 0 saturated heterocycles. The van der Waals surface area contributed by atoms with E-state index in [4.69, 9.17) is 15.9 Å². The zero-order valence-electron chi connectivity index (χ0n) is 15.5. The molecule has 1 saturated carbocycles. The SMILES string of the molecule is CSCCC(N)C(=O)NCC1CCC(C(=O)NC(CC(=O)O)C(=O)O)CC1. The zero-order chi connectivity index (χ0) is 20.4. The van der Waals surface area contributed by atoms with Gasteiger partial charge in [0.15, 0.2) is 0 Å². The number of nitrogens with one attached hydrogen (secondary N) is 2. The maximum Gasteiger partial charge on any atom is 0.326 e. The van der Waals surface area contributed by atoms with Crippen molar-refractivity contribution in [3.63, 3.8) is 0 Å². The van der Waals surface area contributed by atoms with Gasteiger partial charge in [-0.2, -0.15) is 11.8 Å². The number of hydrogen-bond donors (Lipinski definition) is 5. The van der Waals surface area contributed by atoms with Crippen molar-refractivity contribution in [2.75, 3.05) is 18.6 Å². The molecule has 2 unspecified atom stereocenters. The van der Waals surface area contributed by atoms with Crippen LogP contribution < -0.4 is 16.4 Å². The fourth-order valence-corrected chi connectivity index (χ4v) is 3.53. The van der Waals surface area contributed by atoms with Gasteiger partial charge in [0.1, 0.15) is 6.04 Å². The van der Waals surface area contributed by atoms with E-state index in [2.05, 4.69) is 10.6 Å². The number of carboxylic acid groups (broad SMARTS) is 2. The number of aliphatic carboxylic acids is 2. The van der Waals surface area contributed by atoms with Crippen LogP contribution in [0, 0.1) is 11.8 Å². The van der Waals surface area contributed by atoms with Gasteiger partial charge in [-0.15, -0.1) is 0 Å². The van der Waals surface area contributed by atoms with Crippen LogP contribution >= 0.6 is 11.8 Å². The van der Waals surface area contributed by atoms with Crippen LogP contribution in [0.15, 0.2) is 0 Å². The maximum absolute atomic E-state index is 12.2. The van der Waals surface area contributed by atoms with Gasteiger partial charge < -0.3 is 26.6 Å². The van der Waals surface area contributed by atoms with E-state index in [-0.39, 0.29) is 17.7 Å². The number of carbonyl (C=O) groups excluding carboxylic acids is 2. The van der Waals surface area contributed by atoms with Crippen LogP contribution in [-0.4, -0.2) is 64.6 Å². The van der Waals surface area contributed by atoms with Crippen molar-refractivity contribution < 1.29 is 29.4 Å². The highest BCUT2D eigenvalue weighted by Crippen LogP contribution is 2.28. The first kappa shape index (κ1) is 23.2. The molecule has 154 valence electrons. The minimum atomic E-state index is -1.42. The van der Waals surface area contributed by atoms with Gasteiger partial charge in [-0.3, -0.25) is 14.4 Å². The average molecular weight is 404 g/mol. The Labute approximate surface area is 162 Å². The van der Waals surface area contributed by atoms with Gasteiger partial charge in [-0.1, -0.05) is 0 Å². The molecule has 0 spiro atoms. The van der Waals surface area contributed by atoms with Crippen LogP contribution in [0.25, 0.3) is 0 Å². The summed E-state index contributed by atoms with van der Waals surface area (Å²) in [5.41, 5.74) is 5.82. The van der Waals surface area contributed by atoms with E-state index in [1.807, 2.05) is 6.26 Å². The normalized spacial score (nSPS) is 21.7. The summed E-state index contributed by atoms with van der Waals surface area (Å²) < 4.78 is 0. The molecule has 1 rings (SSSR count). The Balaban J connectivity index is 2.36. The summed E-state index contributed by atoms with van der Waals surface area (Å²) in [6.07, 6.45) is 4.54. The number of hydrogen-bond acceptors (Lipinski definition) is 6. The summed E-state index contributed by atoms with van der Waals surface area (Å²) in [6.45, 7) is 0.511. The predicted octanol–water partition coefficient (Wildman–Crippen LogP) is 0.0335. The number of carbonyl (C=O) groups is 4. The molecule has 0 aromatic heterocycles. The Morgan fingerprint density at radius 3 is 2.30 bits per heavy atom. The summed E-state index contributed by atoms with van der Waals surface area (Å²) in [5.74, 6) is -2.49. The van der Waals surface area contributed by atoms with E-state index in [9.17, 15) is 19.2 Å². The first-order valence-corrected chi connectivity index (χ1v) is 10.4. The zero-order valence-corrected chi connectivity index (χ0v) is 16.3. The Morgan fingerprint density at radius 2 is 1.78 bits per heavy atom. The predicted molar refractivity (Wildman–Crippen MR) is 101 cm³/mol. The van der Waals surface area contributed by atoms with Crippen LogP contribution in [0.5, 0.6) is 0 Å². The summed E-state index contributed by atoms with van der Waals surface area (Å²) >= 11 is 1.64. The Kier molecular flexibility index (Phi) is 10.2. The fourth-order valence-electron chi connectivity index (χ4n) is 3.04. The standard InChI is InChI=1S/C17H29N3O6S/c1-27-7-6-12(18)16(24)19-9-10-2-4-11(5-3-10)15(23)20-13(17(25)26)8-14(21)22/h10-13H,2-9,18H2,1H3,(H,19,24)(H,20,23)(H,21,22)(H,25,26). The average Bonchev–Trinajstić information content (AvgIpc) is 2.63. The van der Waals surface area contributed by atoms with E-state index < -0.39 is 36.4 Å². The van der Waals surface area contributed by atoms with E-state index in [0.717, 1.165) is 18.6 Å². The van der Waals surface area contributed by atoms with Crippen LogP contribution in [-0.2, 0) is 19.2 Å². The Bertz CT molecular complexity index is 537. The minimum Gasteiger partial charge on any atom is -0.481 e. The molecule has 2 atom stereocenters. The number of carboxylic acids is 2. The molecular weight excluding hydrogens is 374 g/mol. The molecule has 0 aromatic carbocycles. The Morgan fingerprint density at radius 1 is 1.15 bits per heavy atom. The van der Waals surface area contributed by atoms with Crippen molar-refractivity contribution >= 4 is 35.5 Å². The summed E-state index contributed by atoms with van der Waals surface area (Å²) in [6, 6.07) is -1.93. The summed E-state index contributed by atoms with van der Waals surface area (Å²) in [7, 11) is 0. The van der Waals surface area contributed by atoms with Crippen molar-refractivity contribution in [3.05, 3.63) is 0 Å². The highest BCUT2D eigenvalue weighted by Gasteiger charge is 2.30. The maximum atomic E-state index is 12.2.